The van der Waals surface area contributed by atoms with Crippen molar-refractivity contribution in [1.29, 1.82) is 0 Å². The van der Waals surface area contributed by atoms with Crippen molar-refractivity contribution in [2.45, 2.75) is 24.8 Å². The van der Waals surface area contributed by atoms with E-state index in [1.54, 1.807) is 0 Å². The predicted octanol–water partition coefficient (Wildman–Crippen LogP) is 3.61. The van der Waals surface area contributed by atoms with E-state index >= 15 is 0 Å². The van der Waals surface area contributed by atoms with Crippen LogP contribution in [0.3, 0.4) is 0 Å². The van der Waals surface area contributed by atoms with Gasteiger partial charge in [0.15, 0.2) is 0 Å². The molecule has 1 heteroatoms. The van der Waals surface area contributed by atoms with E-state index in [1.165, 1.54) is 16.7 Å². The number of fused-ring (bicyclic) bond motifs is 1. The fourth-order valence-electron chi connectivity index (χ4n) is 2.85. The first-order chi connectivity index (χ1) is 8.36. The van der Waals surface area contributed by atoms with Gasteiger partial charge in [-0.05, 0) is 29.5 Å². The fourth-order valence-corrected chi connectivity index (χ4v) is 2.85. The maximum Gasteiger partial charge on any atom is 0.0298 e. The van der Waals surface area contributed by atoms with E-state index in [4.69, 9.17) is 5.73 Å². The molecule has 17 heavy (non-hydrogen) atoms. The van der Waals surface area contributed by atoms with Gasteiger partial charge in [0.05, 0.1) is 0 Å². The largest absolute Gasteiger partial charge is 0.324 e. The van der Waals surface area contributed by atoms with Crippen LogP contribution >= 0.6 is 0 Å². The van der Waals surface area contributed by atoms with Crippen LogP contribution < -0.4 is 5.73 Å². The number of hydrogen-bond donors (Lipinski definition) is 1. The quantitative estimate of drug-likeness (QED) is 0.785. The van der Waals surface area contributed by atoms with Gasteiger partial charge in [0.25, 0.3) is 0 Å². The Morgan fingerprint density at radius 1 is 0.765 bits per heavy atom. The summed E-state index contributed by atoms with van der Waals surface area (Å²) in [7, 11) is 0. The molecule has 86 valence electrons. The fraction of sp³-hybridized carbons (Fsp3) is 0.250. The van der Waals surface area contributed by atoms with Gasteiger partial charge >= 0.3 is 0 Å². The minimum absolute atomic E-state index is 0.214. The van der Waals surface area contributed by atoms with Gasteiger partial charge in [-0.2, -0.15) is 0 Å². The van der Waals surface area contributed by atoms with Crippen molar-refractivity contribution in [3.63, 3.8) is 0 Å². The molecular weight excluding hydrogens is 206 g/mol. The second-order valence-electron chi connectivity index (χ2n) is 4.78. The lowest BCUT2D eigenvalue weighted by Crippen LogP contribution is -2.20. The molecule has 0 fully saturated rings. The van der Waals surface area contributed by atoms with Gasteiger partial charge in [-0.3, -0.25) is 0 Å². The molecule has 0 radical (unpaired) electrons. The zero-order valence-electron chi connectivity index (χ0n) is 9.84. The Labute approximate surface area is 102 Å². The average Bonchev–Trinajstić information content (AvgIpc) is 2.41. The van der Waals surface area contributed by atoms with E-state index in [0.29, 0.717) is 5.92 Å². The molecule has 1 nitrogen and oxygen atoms in total. The first-order valence-corrected chi connectivity index (χ1v) is 6.25. The lowest BCUT2D eigenvalue weighted by Gasteiger charge is -2.29. The number of benzene rings is 2. The van der Waals surface area contributed by atoms with Crippen molar-refractivity contribution in [2.75, 3.05) is 0 Å². The third-order valence-corrected chi connectivity index (χ3v) is 3.74. The molecule has 1 aliphatic rings. The SMILES string of the molecule is N[C@H]1CC[C@@H](c2ccccc2)c2ccccc21. The van der Waals surface area contributed by atoms with Crippen molar-refractivity contribution < 1.29 is 0 Å². The van der Waals surface area contributed by atoms with Crippen molar-refractivity contribution in [2.24, 2.45) is 5.73 Å². The maximum atomic E-state index is 6.19. The Balaban J connectivity index is 2.07. The van der Waals surface area contributed by atoms with Crippen LogP contribution in [-0.4, -0.2) is 0 Å². The van der Waals surface area contributed by atoms with Gasteiger partial charge in [-0.25, -0.2) is 0 Å². The molecular formula is C16H17N. The topological polar surface area (TPSA) is 26.0 Å². The van der Waals surface area contributed by atoms with Crippen molar-refractivity contribution in [3.8, 4) is 0 Å². The first kappa shape index (κ1) is 10.5. The molecule has 0 unspecified atom stereocenters. The molecule has 0 saturated heterocycles. The Morgan fingerprint density at radius 2 is 1.41 bits per heavy atom. The van der Waals surface area contributed by atoms with Crippen LogP contribution in [0.15, 0.2) is 54.6 Å². The third kappa shape index (κ3) is 1.87. The summed E-state index contributed by atoms with van der Waals surface area (Å²) in [5, 5.41) is 0. The molecule has 0 aromatic heterocycles. The van der Waals surface area contributed by atoms with Crippen LogP contribution in [0.5, 0.6) is 0 Å². The number of rotatable bonds is 1. The lowest BCUT2D eigenvalue weighted by molar-refractivity contribution is 0.530. The van der Waals surface area contributed by atoms with Gasteiger partial charge < -0.3 is 5.73 Å². The first-order valence-electron chi connectivity index (χ1n) is 6.25. The number of hydrogen-bond acceptors (Lipinski definition) is 1. The second kappa shape index (κ2) is 4.34. The van der Waals surface area contributed by atoms with E-state index in [9.17, 15) is 0 Å². The highest BCUT2D eigenvalue weighted by molar-refractivity contribution is 5.41. The van der Waals surface area contributed by atoms with E-state index < -0.39 is 0 Å². The van der Waals surface area contributed by atoms with Crippen LogP contribution in [-0.2, 0) is 0 Å². The molecule has 0 saturated carbocycles. The zero-order chi connectivity index (χ0) is 11.7. The molecule has 2 atom stereocenters. The van der Waals surface area contributed by atoms with Crippen molar-refractivity contribution in [1.82, 2.24) is 0 Å². The highest BCUT2D eigenvalue weighted by Crippen LogP contribution is 2.39. The molecule has 0 bridgehead atoms. The van der Waals surface area contributed by atoms with Crippen LogP contribution in [0.2, 0.25) is 0 Å². The average molecular weight is 223 g/mol. The smallest absolute Gasteiger partial charge is 0.0298 e. The van der Waals surface area contributed by atoms with Gasteiger partial charge in [-0.1, -0.05) is 54.6 Å². The highest BCUT2D eigenvalue weighted by Gasteiger charge is 2.25. The maximum absolute atomic E-state index is 6.19. The zero-order valence-corrected chi connectivity index (χ0v) is 9.84. The van der Waals surface area contributed by atoms with E-state index in [1.807, 2.05) is 0 Å². The summed E-state index contributed by atoms with van der Waals surface area (Å²) >= 11 is 0. The van der Waals surface area contributed by atoms with Gasteiger partial charge in [0, 0.05) is 12.0 Å². The molecule has 0 amide bonds. The van der Waals surface area contributed by atoms with Gasteiger partial charge in [0.2, 0.25) is 0 Å². The van der Waals surface area contributed by atoms with E-state index in [2.05, 4.69) is 54.6 Å². The summed E-state index contributed by atoms with van der Waals surface area (Å²) in [4.78, 5) is 0. The predicted molar refractivity (Wildman–Crippen MR) is 70.9 cm³/mol. The van der Waals surface area contributed by atoms with E-state index in [-0.39, 0.29) is 6.04 Å². The summed E-state index contributed by atoms with van der Waals surface area (Å²) in [6.45, 7) is 0. The van der Waals surface area contributed by atoms with E-state index in [0.717, 1.165) is 12.8 Å². The van der Waals surface area contributed by atoms with Crippen LogP contribution in [0.25, 0.3) is 0 Å². The Hall–Kier alpha value is -1.60. The van der Waals surface area contributed by atoms with Crippen LogP contribution in [0, 0.1) is 0 Å². The number of nitrogens with two attached hydrogens (primary N) is 1. The second-order valence-corrected chi connectivity index (χ2v) is 4.78. The molecule has 3 rings (SSSR count). The molecule has 2 aromatic rings. The lowest BCUT2D eigenvalue weighted by atomic mass is 9.77. The summed E-state index contributed by atoms with van der Waals surface area (Å²) in [5.41, 5.74) is 10.3. The van der Waals surface area contributed by atoms with Gasteiger partial charge in [0.1, 0.15) is 0 Å². The monoisotopic (exact) mass is 223 g/mol. The summed E-state index contributed by atoms with van der Waals surface area (Å²) < 4.78 is 0. The summed E-state index contributed by atoms with van der Waals surface area (Å²) in [6.07, 6.45) is 2.23. The minimum Gasteiger partial charge on any atom is -0.324 e. The Morgan fingerprint density at radius 3 is 2.18 bits per heavy atom. The van der Waals surface area contributed by atoms with Gasteiger partial charge in [-0.15, -0.1) is 0 Å². The molecule has 0 aliphatic heterocycles. The third-order valence-electron chi connectivity index (χ3n) is 3.74. The standard InChI is InChI=1S/C16H17N/c17-16-11-10-13(12-6-2-1-3-7-12)14-8-4-5-9-15(14)16/h1-9,13,16H,10-11,17H2/t13-,16-/m0/s1. The summed E-state index contributed by atoms with van der Waals surface area (Å²) in [5.74, 6) is 0.521. The minimum atomic E-state index is 0.214. The Kier molecular flexibility index (Phi) is 2.69. The molecule has 2 aromatic carbocycles. The summed E-state index contributed by atoms with van der Waals surface area (Å²) in [6, 6.07) is 19.6. The highest BCUT2D eigenvalue weighted by atomic mass is 14.6. The molecule has 1 aliphatic carbocycles. The van der Waals surface area contributed by atoms with Crippen molar-refractivity contribution in [3.05, 3.63) is 71.3 Å². The molecule has 2 N–H and O–H groups in total. The van der Waals surface area contributed by atoms with Crippen molar-refractivity contribution >= 4 is 0 Å². The van der Waals surface area contributed by atoms with Crippen LogP contribution in [0.4, 0.5) is 0 Å². The Bertz CT molecular complexity index is 504. The molecule has 0 spiro atoms. The molecule has 0 heterocycles. The van der Waals surface area contributed by atoms with Crippen LogP contribution in [0.1, 0.15) is 41.5 Å². The normalized spacial score (nSPS) is 23.1.